The Bertz CT molecular complexity index is 716. The molecule has 4 aliphatic carbocycles. The molecule has 0 aliphatic heterocycles. The number of rotatable bonds is 5. The topological polar surface area (TPSA) is 20.2 Å². The highest BCUT2D eigenvalue weighted by Crippen LogP contribution is 2.67. The van der Waals surface area contributed by atoms with Crippen molar-refractivity contribution in [3.8, 4) is 0 Å². The van der Waals surface area contributed by atoms with E-state index in [0.29, 0.717) is 22.7 Å². The summed E-state index contributed by atoms with van der Waals surface area (Å²) in [5, 5.41) is 10.2. The van der Waals surface area contributed by atoms with Crippen LogP contribution in [0.3, 0.4) is 0 Å². The molecule has 0 bridgehead atoms. The number of aliphatic hydroxyl groups excluding tert-OH is 1. The molecule has 0 spiro atoms. The number of hydrogen-bond acceptors (Lipinski definition) is 1. The van der Waals surface area contributed by atoms with Gasteiger partial charge in [-0.1, -0.05) is 70.6 Å². The van der Waals surface area contributed by atoms with Gasteiger partial charge in [0, 0.05) is 0 Å². The quantitative estimate of drug-likeness (QED) is 0.460. The van der Waals surface area contributed by atoms with Crippen LogP contribution in [-0.4, -0.2) is 11.2 Å². The van der Waals surface area contributed by atoms with Gasteiger partial charge in [-0.2, -0.15) is 0 Å². The van der Waals surface area contributed by atoms with E-state index in [0.717, 1.165) is 42.9 Å². The Morgan fingerprint density at radius 1 is 1.13 bits per heavy atom. The molecule has 1 nitrogen and oxygen atoms in total. The predicted octanol–water partition coefficient (Wildman–Crippen LogP) is 7.72. The van der Waals surface area contributed by atoms with Gasteiger partial charge >= 0.3 is 0 Å². The van der Waals surface area contributed by atoms with E-state index in [1.165, 1.54) is 44.1 Å². The molecule has 3 fully saturated rings. The van der Waals surface area contributed by atoms with Gasteiger partial charge in [0.1, 0.15) is 0 Å². The third kappa shape index (κ3) is 3.58. The molecule has 1 heteroatoms. The molecule has 0 aromatic carbocycles. The fourth-order valence-electron chi connectivity index (χ4n) is 8.48. The highest BCUT2D eigenvalue weighted by Gasteiger charge is 2.58. The summed E-state index contributed by atoms with van der Waals surface area (Å²) in [7, 11) is 0. The molecule has 4 rings (SSSR count). The fourth-order valence-corrected chi connectivity index (χ4v) is 8.48. The maximum Gasteiger partial charge on any atom is 0.0577 e. The molecule has 0 saturated heterocycles. The van der Waals surface area contributed by atoms with Gasteiger partial charge in [0.2, 0.25) is 0 Å². The second-order valence-corrected chi connectivity index (χ2v) is 11.9. The average molecular weight is 411 g/mol. The zero-order valence-corrected chi connectivity index (χ0v) is 20.3. The molecule has 0 radical (unpaired) electrons. The van der Waals surface area contributed by atoms with Crippen LogP contribution in [0.5, 0.6) is 0 Å². The number of aliphatic hydroxyl groups is 1. The zero-order chi connectivity index (χ0) is 21.7. The molecule has 4 unspecified atom stereocenters. The van der Waals surface area contributed by atoms with Gasteiger partial charge in [0.05, 0.1) is 6.10 Å². The minimum absolute atomic E-state index is 0.0931. The highest BCUT2D eigenvalue weighted by molar-refractivity contribution is 5.25. The summed E-state index contributed by atoms with van der Waals surface area (Å²) >= 11 is 0. The van der Waals surface area contributed by atoms with Crippen LogP contribution >= 0.6 is 0 Å². The van der Waals surface area contributed by atoms with E-state index in [1.807, 2.05) is 0 Å². The Balaban J connectivity index is 1.51. The van der Waals surface area contributed by atoms with Crippen molar-refractivity contribution in [3.63, 3.8) is 0 Å². The first-order valence-corrected chi connectivity index (χ1v) is 12.9. The molecular formula is C29H46O. The van der Waals surface area contributed by atoms with Crippen molar-refractivity contribution in [3.05, 3.63) is 36.0 Å². The second kappa shape index (κ2) is 8.27. The molecule has 0 aromatic heterocycles. The van der Waals surface area contributed by atoms with Gasteiger partial charge in [-0.05, 0) is 104 Å². The van der Waals surface area contributed by atoms with Crippen LogP contribution in [-0.2, 0) is 0 Å². The van der Waals surface area contributed by atoms with Crippen molar-refractivity contribution in [1.29, 1.82) is 0 Å². The molecule has 0 amide bonds. The molecule has 4 aliphatic rings. The van der Waals surface area contributed by atoms with Crippen molar-refractivity contribution in [2.75, 3.05) is 0 Å². The fraction of sp³-hybridized carbons (Fsp3) is 0.793. The van der Waals surface area contributed by atoms with Gasteiger partial charge in [0.15, 0.2) is 0 Å². The Labute approximate surface area is 186 Å². The van der Waals surface area contributed by atoms with Crippen molar-refractivity contribution < 1.29 is 5.11 Å². The van der Waals surface area contributed by atoms with Crippen LogP contribution in [0.2, 0.25) is 0 Å². The minimum atomic E-state index is -0.0931. The van der Waals surface area contributed by atoms with E-state index in [-0.39, 0.29) is 6.10 Å². The van der Waals surface area contributed by atoms with Crippen molar-refractivity contribution >= 4 is 0 Å². The maximum atomic E-state index is 10.2. The van der Waals surface area contributed by atoms with Crippen molar-refractivity contribution in [1.82, 2.24) is 0 Å². The Hall–Kier alpha value is -0.820. The second-order valence-electron chi connectivity index (χ2n) is 11.9. The van der Waals surface area contributed by atoms with Crippen LogP contribution in [0, 0.1) is 46.3 Å². The Morgan fingerprint density at radius 2 is 1.90 bits per heavy atom. The number of hydrogen-bond donors (Lipinski definition) is 1. The van der Waals surface area contributed by atoms with Crippen LogP contribution < -0.4 is 0 Å². The first kappa shape index (κ1) is 22.4. The van der Waals surface area contributed by atoms with Gasteiger partial charge in [-0.25, -0.2) is 0 Å². The monoisotopic (exact) mass is 410 g/mol. The largest absolute Gasteiger partial charge is 0.393 e. The molecular weight excluding hydrogens is 364 g/mol. The third-order valence-corrected chi connectivity index (χ3v) is 10.6. The highest BCUT2D eigenvalue weighted by atomic mass is 16.3. The van der Waals surface area contributed by atoms with E-state index < -0.39 is 0 Å². The summed E-state index contributed by atoms with van der Waals surface area (Å²) in [5.41, 5.74) is 3.82. The molecule has 0 heterocycles. The SMILES string of the molecule is C=C(CC)[C@H](C)/C=C/[C@@H](C)C1CCC2C3CC=C4C[C@@H](O)CC[C@]4(C)C3CC[C@@]21C. The lowest BCUT2D eigenvalue weighted by Gasteiger charge is -2.58. The summed E-state index contributed by atoms with van der Waals surface area (Å²) in [5.74, 6) is 4.60. The standard InChI is InChI=1S/C29H46O/c1-7-19(2)20(3)8-9-21(4)25-12-13-26-24-11-10-22-18-23(30)14-16-28(22,5)27(24)15-17-29(25,26)6/h8-10,20-21,23-27,30H,2,7,11-18H2,1,3-6H3/b9-8+/t20-,21-,23+,24?,25?,26?,27?,28+,29-/m1/s1. The Morgan fingerprint density at radius 3 is 2.63 bits per heavy atom. The molecule has 3 saturated carbocycles. The summed E-state index contributed by atoms with van der Waals surface area (Å²) < 4.78 is 0. The van der Waals surface area contributed by atoms with Crippen molar-refractivity contribution in [2.45, 2.75) is 98.5 Å². The van der Waals surface area contributed by atoms with E-state index in [1.54, 1.807) is 5.57 Å². The first-order chi connectivity index (χ1) is 14.2. The van der Waals surface area contributed by atoms with E-state index in [9.17, 15) is 5.11 Å². The van der Waals surface area contributed by atoms with Gasteiger partial charge in [-0.3, -0.25) is 0 Å². The molecule has 168 valence electrons. The average Bonchev–Trinajstić information content (AvgIpc) is 3.09. The maximum absolute atomic E-state index is 10.2. The van der Waals surface area contributed by atoms with Crippen LogP contribution in [0.4, 0.5) is 0 Å². The van der Waals surface area contributed by atoms with Crippen LogP contribution in [0.1, 0.15) is 92.4 Å². The van der Waals surface area contributed by atoms with Crippen molar-refractivity contribution in [2.24, 2.45) is 46.3 Å². The van der Waals surface area contributed by atoms with E-state index in [2.05, 4.69) is 59.4 Å². The summed E-state index contributed by atoms with van der Waals surface area (Å²) in [4.78, 5) is 0. The van der Waals surface area contributed by atoms with Gasteiger partial charge in [-0.15, -0.1) is 0 Å². The summed E-state index contributed by atoms with van der Waals surface area (Å²) in [6.07, 6.45) is 18.6. The minimum Gasteiger partial charge on any atom is -0.393 e. The van der Waals surface area contributed by atoms with Gasteiger partial charge in [0.25, 0.3) is 0 Å². The smallest absolute Gasteiger partial charge is 0.0577 e. The molecule has 30 heavy (non-hydrogen) atoms. The van der Waals surface area contributed by atoms with Crippen LogP contribution in [0.15, 0.2) is 36.0 Å². The molecule has 0 aromatic rings. The normalized spacial score (nSPS) is 45.3. The molecule has 9 atom stereocenters. The number of fused-ring (bicyclic) bond motifs is 5. The third-order valence-electron chi connectivity index (χ3n) is 10.6. The lowest BCUT2D eigenvalue weighted by molar-refractivity contribution is -0.0540. The lowest BCUT2D eigenvalue weighted by atomic mass is 9.47. The zero-order valence-electron chi connectivity index (χ0n) is 20.3. The summed E-state index contributed by atoms with van der Waals surface area (Å²) in [6.45, 7) is 16.4. The Kier molecular flexibility index (Phi) is 6.17. The summed E-state index contributed by atoms with van der Waals surface area (Å²) in [6, 6.07) is 0. The number of allylic oxidation sites excluding steroid dienone is 4. The lowest BCUT2D eigenvalue weighted by Crippen LogP contribution is -2.50. The van der Waals surface area contributed by atoms with E-state index >= 15 is 0 Å². The van der Waals surface area contributed by atoms with Crippen LogP contribution in [0.25, 0.3) is 0 Å². The predicted molar refractivity (Wildman–Crippen MR) is 128 cm³/mol. The first-order valence-electron chi connectivity index (χ1n) is 12.9. The van der Waals surface area contributed by atoms with Gasteiger partial charge < -0.3 is 5.11 Å². The molecule has 1 N–H and O–H groups in total. The van der Waals surface area contributed by atoms with E-state index in [4.69, 9.17) is 0 Å².